The van der Waals surface area contributed by atoms with Crippen LogP contribution in [-0.2, 0) is 21.5 Å². The van der Waals surface area contributed by atoms with Crippen molar-refractivity contribution in [1.29, 1.82) is 0 Å². The summed E-state index contributed by atoms with van der Waals surface area (Å²) >= 11 is 1.40. The molecule has 0 atom stereocenters. The molecule has 1 saturated carbocycles. The highest BCUT2D eigenvalue weighted by Gasteiger charge is 2.38. The second-order valence-corrected chi connectivity index (χ2v) is 9.95. The van der Waals surface area contributed by atoms with E-state index in [1.165, 1.54) is 23.8 Å². The zero-order valence-corrected chi connectivity index (χ0v) is 20.8. The van der Waals surface area contributed by atoms with Gasteiger partial charge in [-0.15, -0.1) is 11.3 Å². The molecule has 9 heteroatoms. The van der Waals surface area contributed by atoms with E-state index in [2.05, 4.69) is 57.8 Å². The monoisotopic (exact) mass is 481 g/mol. The summed E-state index contributed by atoms with van der Waals surface area (Å²) in [4.78, 5) is 33.5. The number of carbonyl (C=O) groups is 2. The molecule has 0 bridgehead atoms. The standard InChI is InChI=1S/C25H31N5O3S/c1-16-8-9-19(17(2)14-16)20-15-34-24(26-20)27-21(32)10-11-22-28-23(30-33-22)25(29-18(3)31)12-6-4-5-7-13-25/h8-9,14-15H,4-7,10-13H2,1-3H3,(H,29,31)(H,26,27,32). The van der Waals surface area contributed by atoms with Gasteiger partial charge in [0.1, 0.15) is 5.54 Å². The molecule has 34 heavy (non-hydrogen) atoms. The number of amides is 2. The number of rotatable bonds is 7. The zero-order valence-electron chi connectivity index (χ0n) is 19.9. The summed E-state index contributed by atoms with van der Waals surface area (Å²) in [5.74, 6) is 0.649. The van der Waals surface area contributed by atoms with Gasteiger partial charge in [0.2, 0.25) is 17.7 Å². The van der Waals surface area contributed by atoms with Crippen LogP contribution in [0, 0.1) is 13.8 Å². The lowest BCUT2D eigenvalue weighted by atomic mass is 9.89. The van der Waals surface area contributed by atoms with Gasteiger partial charge < -0.3 is 15.2 Å². The number of nitrogens with one attached hydrogen (secondary N) is 2. The Balaban J connectivity index is 1.37. The smallest absolute Gasteiger partial charge is 0.227 e. The predicted octanol–water partition coefficient (Wildman–Crippen LogP) is 5.07. The minimum absolute atomic E-state index is 0.101. The van der Waals surface area contributed by atoms with Crippen LogP contribution in [0.25, 0.3) is 11.3 Å². The van der Waals surface area contributed by atoms with Crippen LogP contribution in [0.1, 0.15) is 74.7 Å². The lowest BCUT2D eigenvalue weighted by molar-refractivity contribution is -0.121. The fraction of sp³-hybridized carbons (Fsp3) is 0.480. The average Bonchev–Trinajstić information content (AvgIpc) is 3.38. The van der Waals surface area contributed by atoms with Crippen molar-refractivity contribution >= 4 is 28.3 Å². The molecule has 8 nitrogen and oxygen atoms in total. The van der Waals surface area contributed by atoms with Crippen LogP contribution in [0.3, 0.4) is 0 Å². The number of nitrogens with zero attached hydrogens (tertiary/aromatic N) is 3. The molecule has 3 aromatic rings. The van der Waals surface area contributed by atoms with Crippen LogP contribution in [0.5, 0.6) is 0 Å². The third-order valence-electron chi connectivity index (χ3n) is 6.24. The summed E-state index contributed by atoms with van der Waals surface area (Å²) in [7, 11) is 0. The van der Waals surface area contributed by atoms with Gasteiger partial charge in [0, 0.05) is 30.7 Å². The molecule has 0 radical (unpaired) electrons. The van der Waals surface area contributed by atoms with E-state index in [0.717, 1.165) is 55.3 Å². The van der Waals surface area contributed by atoms with Gasteiger partial charge in [0.25, 0.3) is 0 Å². The summed E-state index contributed by atoms with van der Waals surface area (Å²) < 4.78 is 5.45. The molecule has 2 amide bonds. The normalized spacial score (nSPS) is 15.5. The summed E-state index contributed by atoms with van der Waals surface area (Å²) in [5, 5.41) is 12.6. The molecule has 0 saturated heterocycles. The van der Waals surface area contributed by atoms with Crippen molar-refractivity contribution < 1.29 is 14.1 Å². The van der Waals surface area contributed by atoms with Crippen LogP contribution in [0.15, 0.2) is 28.1 Å². The van der Waals surface area contributed by atoms with Crippen LogP contribution < -0.4 is 10.6 Å². The van der Waals surface area contributed by atoms with E-state index in [4.69, 9.17) is 4.52 Å². The SMILES string of the molecule is CC(=O)NC1(c2noc(CCC(=O)Nc3nc(-c4ccc(C)cc4C)cs3)n2)CCCCCC1. The van der Waals surface area contributed by atoms with Crippen molar-refractivity contribution in [3.8, 4) is 11.3 Å². The maximum atomic E-state index is 12.5. The fourth-order valence-electron chi connectivity index (χ4n) is 4.58. The minimum atomic E-state index is -0.586. The first-order valence-corrected chi connectivity index (χ1v) is 12.7. The highest BCUT2D eigenvalue weighted by atomic mass is 32.1. The molecule has 1 fully saturated rings. The fourth-order valence-corrected chi connectivity index (χ4v) is 5.31. The topological polar surface area (TPSA) is 110 Å². The second kappa shape index (κ2) is 10.5. The minimum Gasteiger partial charge on any atom is -0.343 e. The Morgan fingerprint density at radius 2 is 1.88 bits per heavy atom. The van der Waals surface area contributed by atoms with Crippen molar-refractivity contribution in [3.05, 3.63) is 46.4 Å². The number of aryl methyl sites for hydroxylation is 3. The Kier molecular flexibility index (Phi) is 7.41. The second-order valence-electron chi connectivity index (χ2n) is 9.09. The Labute approximate surface area is 203 Å². The molecule has 1 aromatic carbocycles. The summed E-state index contributed by atoms with van der Waals surface area (Å²) in [5.41, 5.74) is 3.69. The first kappa shape index (κ1) is 24.1. The van der Waals surface area contributed by atoms with Crippen molar-refractivity contribution in [1.82, 2.24) is 20.4 Å². The van der Waals surface area contributed by atoms with Crippen LogP contribution in [0.4, 0.5) is 5.13 Å². The highest BCUT2D eigenvalue weighted by Crippen LogP contribution is 2.34. The molecule has 180 valence electrons. The Morgan fingerprint density at radius 3 is 2.59 bits per heavy atom. The number of hydrogen-bond acceptors (Lipinski definition) is 7. The van der Waals surface area contributed by atoms with E-state index < -0.39 is 5.54 Å². The van der Waals surface area contributed by atoms with Crippen LogP contribution >= 0.6 is 11.3 Å². The molecule has 2 N–H and O–H groups in total. The van der Waals surface area contributed by atoms with Crippen LogP contribution in [0.2, 0.25) is 0 Å². The molecule has 2 heterocycles. The van der Waals surface area contributed by atoms with E-state index in [9.17, 15) is 9.59 Å². The predicted molar refractivity (Wildman–Crippen MR) is 131 cm³/mol. The first-order valence-electron chi connectivity index (χ1n) is 11.8. The van der Waals surface area contributed by atoms with Gasteiger partial charge in [0.15, 0.2) is 11.0 Å². The highest BCUT2D eigenvalue weighted by molar-refractivity contribution is 7.14. The Morgan fingerprint density at radius 1 is 1.12 bits per heavy atom. The number of aromatic nitrogens is 3. The average molecular weight is 482 g/mol. The quantitative estimate of drug-likeness (QED) is 0.456. The maximum Gasteiger partial charge on any atom is 0.227 e. The number of benzene rings is 1. The van der Waals surface area contributed by atoms with Gasteiger partial charge in [-0.3, -0.25) is 9.59 Å². The van der Waals surface area contributed by atoms with E-state index in [1.54, 1.807) is 0 Å². The number of carbonyl (C=O) groups excluding carboxylic acids is 2. The largest absolute Gasteiger partial charge is 0.343 e. The molecule has 0 spiro atoms. The van der Waals surface area contributed by atoms with Crippen molar-refractivity contribution in [2.24, 2.45) is 0 Å². The molecule has 1 aliphatic rings. The Bertz CT molecular complexity index is 1160. The summed E-state index contributed by atoms with van der Waals surface area (Å²) in [6, 6.07) is 6.24. The van der Waals surface area contributed by atoms with E-state index >= 15 is 0 Å². The van der Waals surface area contributed by atoms with Gasteiger partial charge in [0.05, 0.1) is 5.69 Å². The number of hydrogen-bond donors (Lipinski definition) is 2. The first-order chi connectivity index (χ1) is 16.3. The zero-order chi connectivity index (χ0) is 24.1. The third kappa shape index (κ3) is 5.70. The summed E-state index contributed by atoms with van der Waals surface area (Å²) in [6.07, 6.45) is 6.38. The van der Waals surface area contributed by atoms with E-state index in [-0.39, 0.29) is 18.2 Å². The number of anilines is 1. The van der Waals surface area contributed by atoms with Gasteiger partial charge >= 0.3 is 0 Å². The molecule has 0 aliphatic heterocycles. The van der Waals surface area contributed by atoms with Crippen molar-refractivity contribution in [2.45, 2.75) is 77.7 Å². The van der Waals surface area contributed by atoms with Gasteiger partial charge in [-0.05, 0) is 32.3 Å². The lowest BCUT2D eigenvalue weighted by Crippen LogP contribution is -2.45. The van der Waals surface area contributed by atoms with Crippen molar-refractivity contribution in [3.63, 3.8) is 0 Å². The molecule has 2 aromatic heterocycles. The van der Waals surface area contributed by atoms with Gasteiger partial charge in [-0.1, -0.05) is 54.6 Å². The van der Waals surface area contributed by atoms with Gasteiger partial charge in [-0.2, -0.15) is 4.98 Å². The van der Waals surface area contributed by atoms with Crippen molar-refractivity contribution in [2.75, 3.05) is 5.32 Å². The number of thiazole rings is 1. The molecule has 0 unspecified atom stereocenters. The maximum absolute atomic E-state index is 12.5. The molecule has 4 rings (SSSR count). The Hall–Kier alpha value is -3.07. The van der Waals surface area contributed by atoms with E-state index in [1.807, 2.05) is 5.38 Å². The summed E-state index contributed by atoms with van der Waals surface area (Å²) in [6.45, 7) is 5.64. The molecular weight excluding hydrogens is 450 g/mol. The third-order valence-corrected chi connectivity index (χ3v) is 7.00. The molecule has 1 aliphatic carbocycles. The van der Waals surface area contributed by atoms with Gasteiger partial charge in [-0.25, -0.2) is 4.98 Å². The lowest BCUT2D eigenvalue weighted by Gasteiger charge is -2.30. The molecular formula is C25H31N5O3S. The van der Waals surface area contributed by atoms with Crippen LogP contribution in [-0.4, -0.2) is 26.9 Å². The van der Waals surface area contributed by atoms with E-state index in [0.29, 0.717) is 23.3 Å².